The fourth-order valence-electron chi connectivity index (χ4n) is 2.83. The minimum atomic E-state index is 1.00. The van der Waals surface area contributed by atoms with Crippen LogP contribution in [0.1, 0.15) is 12.6 Å². The van der Waals surface area contributed by atoms with Crippen molar-refractivity contribution in [3.63, 3.8) is 0 Å². The van der Waals surface area contributed by atoms with Crippen LogP contribution in [0.2, 0.25) is 0 Å². The van der Waals surface area contributed by atoms with Gasteiger partial charge in [-0.3, -0.25) is 4.98 Å². The molecule has 0 saturated carbocycles. The number of nitrogens with zero attached hydrogens (tertiary/aromatic N) is 3. The van der Waals surface area contributed by atoms with E-state index in [9.17, 15) is 0 Å². The molecule has 0 unspecified atom stereocenters. The topological polar surface area (TPSA) is 21.1 Å². The number of benzene rings is 1. The van der Waals surface area contributed by atoms with Crippen LogP contribution in [0.25, 0.3) is 21.8 Å². The Morgan fingerprint density at radius 1 is 1.15 bits per heavy atom. The Morgan fingerprint density at radius 3 is 2.75 bits per heavy atom. The molecule has 0 atom stereocenters. The van der Waals surface area contributed by atoms with Crippen molar-refractivity contribution in [2.24, 2.45) is 0 Å². The summed E-state index contributed by atoms with van der Waals surface area (Å²) in [7, 11) is 2.17. The SMILES string of the molecule is CCN(C)CCn1c2ccccc2c2ccnc(C)c21. The van der Waals surface area contributed by atoms with Crippen LogP contribution in [0.3, 0.4) is 0 Å². The zero-order valence-corrected chi connectivity index (χ0v) is 12.4. The molecule has 3 rings (SSSR count). The predicted molar refractivity (Wildman–Crippen MR) is 85.1 cm³/mol. The number of hydrogen-bond donors (Lipinski definition) is 0. The number of rotatable bonds is 4. The van der Waals surface area contributed by atoms with Crippen LogP contribution in [-0.2, 0) is 6.54 Å². The Hall–Kier alpha value is -1.87. The van der Waals surface area contributed by atoms with Crippen molar-refractivity contribution in [2.75, 3.05) is 20.1 Å². The van der Waals surface area contributed by atoms with E-state index in [1.54, 1.807) is 0 Å². The van der Waals surface area contributed by atoms with Crippen LogP contribution < -0.4 is 0 Å². The van der Waals surface area contributed by atoms with Crippen LogP contribution in [-0.4, -0.2) is 34.6 Å². The van der Waals surface area contributed by atoms with Gasteiger partial charge in [-0.1, -0.05) is 25.1 Å². The summed E-state index contributed by atoms with van der Waals surface area (Å²) in [4.78, 5) is 6.82. The molecule has 3 nitrogen and oxygen atoms in total. The third-order valence-corrected chi connectivity index (χ3v) is 4.11. The van der Waals surface area contributed by atoms with Gasteiger partial charge in [0.25, 0.3) is 0 Å². The number of pyridine rings is 1. The first-order valence-corrected chi connectivity index (χ1v) is 7.23. The highest BCUT2D eigenvalue weighted by Crippen LogP contribution is 2.29. The molecular formula is C17H21N3. The van der Waals surface area contributed by atoms with Gasteiger partial charge in [0.2, 0.25) is 0 Å². The van der Waals surface area contributed by atoms with Crippen molar-refractivity contribution >= 4 is 21.8 Å². The van der Waals surface area contributed by atoms with Crippen LogP contribution in [0.15, 0.2) is 36.5 Å². The summed E-state index contributed by atoms with van der Waals surface area (Å²) in [5, 5.41) is 2.64. The third-order valence-electron chi connectivity index (χ3n) is 4.11. The Labute approximate surface area is 119 Å². The molecule has 2 aromatic heterocycles. The van der Waals surface area contributed by atoms with Gasteiger partial charge in [0.05, 0.1) is 11.2 Å². The first kappa shape index (κ1) is 13.1. The largest absolute Gasteiger partial charge is 0.338 e. The second kappa shape index (κ2) is 5.25. The number of hydrogen-bond acceptors (Lipinski definition) is 2. The molecule has 0 spiro atoms. The molecule has 3 heteroatoms. The molecule has 20 heavy (non-hydrogen) atoms. The molecule has 0 aliphatic rings. The number of aromatic nitrogens is 2. The Kier molecular flexibility index (Phi) is 3.45. The lowest BCUT2D eigenvalue weighted by molar-refractivity contribution is 0.339. The maximum absolute atomic E-state index is 4.48. The van der Waals surface area contributed by atoms with Gasteiger partial charge in [0.15, 0.2) is 0 Å². The standard InChI is InChI=1S/C17H21N3/c1-4-19(3)11-12-20-16-8-6-5-7-14(16)15-9-10-18-13(2)17(15)20/h5-10H,4,11-12H2,1-3H3. The van der Waals surface area contributed by atoms with E-state index in [0.717, 1.165) is 25.3 Å². The second-order valence-electron chi connectivity index (χ2n) is 5.36. The van der Waals surface area contributed by atoms with Crippen molar-refractivity contribution in [3.05, 3.63) is 42.2 Å². The van der Waals surface area contributed by atoms with Crippen molar-refractivity contribution in [1.82, 2.24) is 14.5 Å². The third kappa shape index (κ3) is 2.08. The Bertz CT molecular complexity index is 742. The number of aryl methyl sites for hydroxylation is 1. The molecule has 0 aliphatic carbocycles. The van der Waals surface area contributed by atoms with Crippen molar-refractivity contribution in [1.29, 1.82) is 0 Å². The van der Waals surface area contributed by atoms with Gasteiger partial charge in [-0.2, -0.15) is 0 Å². The average Bonchev–Trinajstić information content (AvgIpc) is 2.80. The van der Waals surface area contributed by atoms with Crippen LogP contribution >= 0.6 is 0 Å². The summed E-state index contributed by atoms with van der Waals surface area (Å²) in [5.74, 6) is 0. The molecule has 104 valence electrons. The van der Waals surface area contributed by atoms with E-state index in [4.69, 9.17) is 0 Å². The van der Waals surface area contributed by atoms with Crippen LogP contribution in [0, 0.1) is 6.92 Å². The lowest BCUT2D eigenvalue weighted by atomic mass is 10.2. The van der Waals surface area contributed by atoms with Gasteiger partial charge < -0.3 is 9.47 Å². The Morgan fingerprint density at radius 2 is 1.95 bits per heavy atom. The summed E-state index contributed by atoms with van der Waals surface area (Å²) in [6, 6.07) is 10.8. The minimum Gasteiger partial charge on any atom is -0.338 e. The predicted octanol–water partition coefficient (Wildman–Crippen LogP) is 3.45. The number of fused-ring (bicyclic) bond motifs is 3. The molecule has 3 aromatic rings. The average molecular weight is 267 g/mol. The fraction of sp³-hybridized carbons (Fsp3) is 0.353. The van der Waals surface area contributed by atoms with E-state index in [-0.39, 0.29) is 0 Å². The molecule has 1 aromatic carbocycles. The smallest absolute Gasteiger partial charge is 0.0708 e. The zero-order chi connectivity index (χ0) is 14.1. The molecule has 0 fully saturated rings. The van der Waals surface area contributed by atoms with Crippen LogP contribution in [0.4, 0.5) is 0 Å². The quantitative estimate of drug-likeness (QED) is 0.722. The molecule has 2 heterocycles. The van der Waals surface area contributed by atoms with Gasteiger partial charge in [-0.15, -0.1) is 0 Å². The summed E-state index contributed by atoms with van der Waals surface area (Å²) >= 11 is 0. The number of likely N-dealkylation sites (N-methyl/N-ethyl adjacent to an activating group) is 1. The Balaban J connectivity index is 2.20. The summed E-state index contributed by atoms with van der Waals surface area (Å²) < 4.78 is 2.42. The molecular weight excluding hydrogens is 246 g/mol. The van der Waals surface area contributed by atoms with E-state index in [0.29, 0.717) is 0 Å². The number of para-hydroxylation sites is 1. The van der Waals surface area contributed by atoms with Gasteiger partial charge >= 0.3 is 0 Å². The monoisotopic (exact) mass is 267 g/mol. The van der Waals surface area contributed by atoms with Gasteiger partial charge in [0.1, 0.15) is 0 Å². The molecule has 0 aliphatic heterocycles. The van der Waals surface area contributed by atoms with E-state index in [1.165, 1.54) is 21.8 Å². The molecule has 0 bridgehead atoms. The molecule has 0 amide bonds. The van der Waals surface area contributed by atoms with Crippen molar-refractivity contribution < 1.29 is 0 Å². The highest BCUT2D eigenvalue weighted by atomic mass is 15.1. The van der Waals surface area contributed by atoms with E-state index >= 15 is 0 Å². The summed E-state index contributed by atoms with van der Waals surface area (Å²) in [6.07, 6.45) is 1.91. The highest BCUT2D eigenvalue weighted by molar-refractivity contribution is 6.08. The van der Waals surface area contributed by atoms with Crippen molar-refractivity contribution in [3.8, 4) is 0 Å². The van der Waals surface area contributed by atoms with Crippen molar-refractivity contribution in [2.45, 2.75) is 20.4 Å². The van der Waals surface area contributed by atoms with E-state index in [1.807, 2.05) is 6.20 Å². The minimum absolute atomic E-state index is 1.00. The second-order valence-corrected chi connectivity index (χ2v) is 5.36. The normalized spacial score (nSPS) is 11.8. The van der Waals surface area contributed by atoms with Gasteiger partial charge in [0, 0.05) is 35.6 Å². The first-order chi connectivity index (χ1) is 9.72. The lowest BCUT2D eigenvalue weighted by Crippen LogP contribution is -2.22. The fourth-order valence-corrected chi connectivity index (χ4v) is 2.83. The van der Waals surface area contributed by atoms with Crippen LogP contribution in [0.5, 0.6) is 0 Å². The lowest BCUT2D eigenvalue weighted by Gasteiger charge is -2.16. The zero-order valence-electron chi connectivity index (χ0n) is 12.4. The highest BCUT2D eigenvalue weighted by Gasteiger charge is 2.12. The molecule has 0 saturated heterocycles. The maximum Gasteiger partial charge on any atom is 0.0708 e. The maximum atomic E-state index is 4.48. The first-order valence-electron chi connectivity index (χ1n) is 7.23. The van der Waals surface area contributed by atoms with E-state index in [2.05, 4.69) is 65.7 Å². The summed E-state index contributed by atoms with van der Waals surface area (Å²) in [6.45, 7) is 7.42. The van der Waals surface area contributed by atoms with E-state index < -0.39 is 0 Å². The molecule has 0 radical (unpaired) electrons. The molecule has 0 N–H and O–H groups in total. The van der Waals surface area contributed by atoms with Gasteiger partial charge in [-0.25, -0.2) is 0 Å². The van der Waals surface area contributed by atoms with Gasteiger partial charge in [-0.05, 0) is 32.6 Å². The summed E-state index contributed by atoms with van der Waals surface area (Å²) in [5.41, 5.74) is 3.69.